The van der Waals surface area contributed by atoms with E-state index >= 15 is 0 Å². The molecule has 12 heteroatoms. The molecule has 1 aromatic carbocycles. The zero-order chi connectivity index (χ0) is 30.0. The standard InChI is InChI=1S/C31H32N4O4S4/c1-33(2)32-18-23-15-24(38-30(36)34(19-26-7-3-11-40-26)20-27-8-4-12-41-27)17-25(16-23)39-31(37)35(21-28-9-5-13-42-28)22-29-10-6-14-43-29/h3-17,32H,18-22H2,1-2H3. The third kappa shape index (κ3) is 9.48. The number of carbonyl (C=O) groups is 2. The minimum absolute atomic E-state index is 0.302. The molecular weight excluding hydrogens is 621 g/mol. The number of nitrogens with zero attached hydrogens (tertiary/aromatic N) is 3. The summed E-state index contributed by atoms with van der Waals surface area (Å²) in [6, 6.07) is 21.1. The van der Waals surface area contributed by atoms with Gasteiger partial charge in [0, 0.05) is 46.2 Å². The molecule has 5 rings (SSSR count). The second kappa shape index (κ2) is 15.3. The average molecular weight is 653 g/mol. The third-order valence-electron chi connectivity index (χ3n) is 6.17. The summed E-state index contributed by atoms with van der Waals surface area (Å²) in [6.45, 7) is 2.17. The molecule has 0 saturated carbocycles. The topological polar surface area (TPSA) is 74.4 Å². The molecule has 0 radical (unpaired) electrons. The van der Waals surface area contributed by atoms with Crippen LogP contribution in [0.25, 0.3) is 0 Å². The smallest absolute Gasteiger partial charge is 0.410 e. The number of carbonyl (C=O) groups excluding carboxylic acids is 2. The van der Waals surface area contributed by atoms with Crippen molar-refractivity contribution in [3.63, 3.8) is 0 Å². The molecule has 0 aliphatic rings. The average Bonchev–Trinajstić information content (AvgIpc) is 3.80. The van der Waals surface area contributed by atoms with E-state index in [-0.39, 0.29) is 0 Å². The van der Waals surface area contributed by atoms with Crippen LogP contribution in [0.4, 0.5) is 9.59 Å². The Morgan fingerprint density at radius 2 is 1.00 bits per heavy atom. The zero-order valence-corrected chi connectivity index (χ0v) is 27.1. The number of hydrogen-bond acceptors (Lipinski definition) is 10. The Morgan fingerprint density at radius 3 is 1.30 bits per heavy atom. The quantitative estimate of drug-likeness (QED) is 0.130. The second-order valence-corrected chi connectivity index (χ2v) is 13.9. The highest BCUT2D eigenvalue weighted by molar-refractivity contribution is 7.10. The molecule has 8 nitrogen and oxygen atoms in total. The molecule has 224 valence electrons. The Balaban J connectivity index is 1.36. The summed E-state index contributed by atoms with van der Waals surface area (Å²) in [5.74, 6) is 0.604. The van der Waals surface area contributed by atoms with Crippen LogP contribution in [0, 0.1) is 0 Å². The number of thiophene rings is 4. The maximum absolute atomic E-state index is 13.5. The van der Waals surface area contributed by atoms with Crippen LogP contribution in [-0.2, 0) is 32.7 Å². The molecule has 0 aliphatic carbocycles. The van der Waals surface area contributed by atoms with Crippen LogP contribution >= 0.6 is 45.3 Å². The maximum atomic E-state index is 13.5. The van der Waals surface area contributed by atoms with E-state index in [2.05, 4.69) is 5.43 Å². The van der Waals surface area contributed by atoms with Crippen molar-refractivity contribution < 1.29 is 19.1 Å². The van der Waals surface area contributed by atoms with Crippen LogP contribution < -0.4 is 14.9 Å². The van der Waals surface area contributed by atoms with E-state index in [1.54, 1.807) is 73.3 Å². The van der Waals surface area contributed by atoms with Crippen molar-refractivity contribution in [3.05, 3.63) is 113 Å². The van der Waals surface area contributed by atoms with Crippen LogP contribution in [0.3, 0.4) is 0 Å². The largest absolute Gasteiger partial charge is 0.415 e. The summed E-state index contributed by atoms with van der Waals surface area (Å²) < 4.78 is 11.9. The Labute approximate surface area is 267 Å². The van der Waals surface area contributed by atoms with Crippen molar-refractivity contribution in [1.29, 1.82) is 0 Å². The highest BCUT2D eigenvalue weighted by atomic mass is 32.1. The van der Waals surface area contributed by atoms with Gasteiger partial charge in [0.15, 0.2) is 0 Å². The molecule has 0 fully saturated rings. The van der Waals surface area contributed by atoms with E-state index in [0.29, 0.717) is 44.2 Å². The molecule has 5 aromatic rings. The third-order valence-corrected chi connectivity index (χ3v) is 9.62. The summed E-state index contributed by atoms with van der Waals surface area (Å²) in [6.07, 6.45) is -0.956. The Kier molecular flexibility index (Phi) is 11.0. The van der Waals surface area contributed by atoms with E-state index < -0.39 is 12.2 Å². The molecule has 43 heavy (non-hydrogen) atoms. The fraction of sp³-hybridized carbons (Fsp3) is 0.226. The minimum atomic E-state index is -0.478. The van der Waals surface area contributed by atoms with Gasteiger partial charge in [-0.05, 0) is 63.5 Å². The molecule has 0 bridgehead atoms. The summed E-state index contributed by atoms with van der Waals surface area (Å²) in [7, 11) is 3.79. The summed E-state index contributed by atoms with van der Waals surface area (Å²) in [5, 5.41) is 9.80. The lowest BCUT2D eigenvalue weighted by Gasteiger charge is -2.23. The molecular formula is C31H32N4O4S4. The van der Waals surface area contributed by atoms with Crippen LogP contribution in [0.15, 0.2) is 88.3 Å². The van der Waals surface area contributed by atoms with Gasteiger partial charge in [0.1, 0.15) is 11.5 Å². The lowest BCUT2D eigenvalue weighted by atomic mass is 10.2. The minimum Gasteiger partial charge on any atom is -0.410 e. The monoisotopic (exact) mass is 652 g/mol. The van der Waals surface area contributed by atoms with Gasteiger partial charge in [-0.15, -0.1) is 45.3 Å². The van der Waals surface area contributed by atoms with Crippen molar-refractivity contribution in [2.45, 2.75) is 32.7 Å². The van der Waals surface area contributed by atoms with Gasteiger partial charge in [0.05, 0.1) is 26.2 Å². The zero-order valence-electron chi connectivity index (χ0n) is 23.8. The van der Waals surface area contributed by atoms with Crippen LogP contribution in [0.1, 0.15) is 25.1 Å². The molecule has 0 spiro atoms. The first-order valence-electron chi connectivity index (χ1n) is 13.5. The van der Waals surface area contributed by atoms with Crippen LogP contribution in [-0.4, -0.2) is 41.1 Å². The van der Waals surface area contributed by atoms with E-state index in [1.807, 2.05) is 89.2 Å². The molecule has 4 aromatic heterocycles. The van der Waals surface area contributed by atoms with Gasteiger partial charge in [-0.3, -0.25) is 20.2 Å². The highest BCUT2D eigenvalue weighted by Gasteiger charge is 2.21. The van der Waals surface area contributed by atoms with Crippen molar-refractivity contribution in [3.8, 4) is 11.5 Å². The maximum Gasteiger partial charge on any atom is 0.415 e. The Hall–Kier alpha value is -3.52. The van der Waals surface area contributed by atoms with Gasteiger partial charge >= 0.3 is 12.2 Å². The Morgan fingerprint density at radius 1 is 0.628 bits per heavy atom. The molecule has 0 unspecified atom stereocenters. The van der Waals surface area contributed by atoms with E-state index in [0.717, 1.165) is 25.1 Å². The number of hydrazine groups is 1. The van der Waals surface area contributed by atoms with Crippen molar-refractivity contribution >= 4 is 57.5 Å². The summed E-state index contributed by atoms with van der Waals surface area (Å²) in [5.41, 5.74) is 4.02. The number of rotatable bonds is 13. The summed E-state index contributed by atoms with van der Waals surface area (Å²) >= 11 is 6.37. The lowest BCUT2D eigenvalue weighted by molar-refractivity contribution is 0.145. The van der Waals surface area contributed by atoms with Gasteiger partial charge in [0.2, 0.25) is 0 Å². The van der Waals surface area contributed by atoms with Crippen molar-refractivity contribution in [1.82, 2.24) is 20.2 Å². The van der Waals surface area contributed by atoms with Crippen LogP contribution in [0.2, 0.25) is 0 Å². The van der Waals surface area contributed by atoms with E-state index in [9.17, 15) is 9.59 Å². The highest BCUT2D eigenvalue weighted by Crippen LogP contribution is 2.27. The van der Waals surface area contributed by atoms with Crippen molar-refractivity contribution in [2.24, 2.45) is 0 Å². The fourth-order valence-corrected chi connectivity index (χ4v) is 7.04. The van der Waals surface area contributed by atoms with Gasteiger partial charge in [-0.2, -0.15) is 0 Å². The molecule has 0 atom stereocenters. The van der Waals surface area contributed by atoms with Gasteiger partial charge in [-0.25, -0.2) is 9.59 Å². The van der Waals surface area contributed by atoms with Gasteiger partial charge in [-0.1, -0.05) is 24.3 Å². The van der Waals surface area contributed by atoms with Gasteiger partial charge < -0.3 is 9.47 Å². The molecule has 0 saturated heterocycles. The first-order chi connectivity index (χ1) is 20.9. The molecule has 2 amide bonds. The second-order valence-electron chi connectivity index (χ2n) is 9.81. The number of hydrogen-bond donors (Lipinski definition) is 1. The number of benzene rings is 1. The lowest BCUT2D eigenvalue weighted by Crippen LogP contribution is -2.33. The van der Waals surface area contributed by atoms with Crippen molar-refractivity contribution in [2.75, 3.05) is 14.1 Å². The van der Waals surface area contributed by atoms with Crippen LogP contribution in [0.5, 0.6) is 11.5 Å². The molecule has 0 aliphatic heterocycles. The van der Waals surface area contributed by atoms with E-state index in [4.69, 9.17) is 9.47 Å². The predicted molar refractivity (Wildman–Crippen MR) is 175 cm³/mol. The number of amides is 2. The summed E-state index contributed by atoms with van der Waals surface area (Å²) in [4.78, 5) is 34.6. The van der Waals surface area contributed by atoms with E-state index in [1.165, 1.54) is 0 Å². The fourth-order valence-electron chi connectivity index (χ4n) is 4.16. The first kappa shape index (κ1) is 30.9. The number of nitrogens with one attached hydrogen (secondary N) is 1. The SMILES string of the molecule is CN(C)NCc1cc(OC(=O)N(Cc2cccs2)Cc2cccs2)cc(OC(=O)N(Cc2cccs2)Cc2cccs2)c1. The predicted octanol–water partition coefficient (Wildman–Crippen LogP) is 7.90. The molecule has 4 heterocycles. The first-order valence-corrected chi connectivity index (χ1v) is 17.0. The van der Waals surface area contributed by atoms with Gasteiger partial charge in [0.25, 0.3) is 0 Å². The normalized spacial score (nSPS) is 11.0. The number of ether oxygens (including phenoxy) is 2. The Bertz CT molecular complexity index is 1370. The molecule has 1 N–H and O–H groups in total.